The third kappa shape index (κ3) is 3.52. The molecule has 2 aliphatic carbocycles. The van der Waals surface area contributed by atoms with Crippen molar-refractivity contribution in [2.24, 2.45) is 11.8 Å². The molecule has 1 aromatic carbocycles. The van der Waals surface area contributed by atoms with Gasteiger partial charge in [0.2, 0.25) is 11.8 Å². The summed E-state index contributed by atoms with van der Waals surface area (Å²) < 4.78 is 5.20. The second-order valence-electron chi connectivity index (χ2n) is 7.30. The quantitative estimate of drug-likeness (QED) is 0.767. The maximum absolute atomic E-state index is 12.6. The van der Waals surface area contributed by atoms with Crippen molar-refractivity contribution in [2.75, 3.05) is 12.4 Å². The summed E-state index contributed by atoms with van der Waals surface area (Å²) >= 11 is 0. The van der Waals surface area contributed by atoms with Crippen LogP contribution in [0.15, 0.2) is 18.2 Å². The van der Waals surface area contributed by atoms with Crippen LogP contribution in [0.3, 0.4) is 0 Å². The molecule has 138 valence electrons. The van der Waals surface area contributed by atoms with Crippen LogP contribution in [0, 0.1) is 11.8 Å². The van der Waals surface area contributed by atoms with E-state index in [0.717, 1.165) is 55.2 Å². The van der Waals surface area contributed by atoms with E-state index in [1.165, 1.54) is 0 Å². The van der Waals surface area contributed by atoms with E-state index in [0.29, 0.717) is 5.82 Å². The van der Waals surface area contributed by atoms with Crippen LogP contribution in [-0.2, 0) is 9.59 Å². The number of H-pyrrole nitrogens is 1. The van der Waals surface area contributed by atoms with Crippen LogP contribution in [0.5, 0.6) is 5.75 Å². The Morgan fingerprint density at radius 2 is 1.77 bits per heavy atom. The van der Waals surface area contributed by atoms with E-state index in [1.54, 1.807) is 7.11 Å². The van der Waals surface area contributed by atoms with E-state index in [2.05, 4.69) is 20.8 Å². The molecule has 2 saturated carbocycles. The van der Waals surface area contributed by atoms with Gasteiger partial charge in [-0.05, 0) is 50.7 Å². The number of nitrogens with one attached hydrogen (secondary N) is 3. The van der Waals surface area contributed by atoms with Gasteiger partial charge in [0.15, 0.2) is 5.82 Å². The van der Waals surface area contributed by atoms with E-state index >= 15 is 0 Å². The molecule has 0 saturated heterocycles. The van der Waals surface area contributed by atoms with Crippen molar-refractivity contribution >= 4 is 28.5 Å². The first-order valence-electron chi connectivity index (χ1n) is 9.27. The average molecular weight is 356 g/mol. The van der Waals surface area contributed by atoms with Crippen LogP contribution in [0.4, 0.5) is 5.82 Å². The first-order chi connectivity index (χ1) is 12.6. The third-order valence-electron chi connectivity index (χ3n) is 5.40. The molecule has 26 heavy (non-hydrogen) atoms. The third-order valence-corrected chi connectivity index (χ3v) is 5.40. The molecule has 4 rings (SSSR count). The monoisotopic (exact) mass is 356 g/mol. The number of hydrogen-bond donors (Lipinski definition) is 3. The summed E-state index contributed by atoms with van der Waals surface area (Å²) in [5, 5.41) is 14.1. The highest BCUT2D eigenvalue weighted by molar-refractivity contribution is 6.00. The number of rotatable bonds is 5. The van der Waals surface area contributed by atoms with Gasteiger partial charge in [0.25, 0.3) is 0 Å². The summed E-state index contributed by atoms with van der Waals surface area (Å²) in [4.78, 5) is 24.5. The van der Waals surface area contributed by atoms with Crippen molar-refractivity contribution < 1.29 is 14.3 Å². The highest BCUT2D eigenvalue weighted by Gasteiger charge is 2.33. The van der Waals surface area contributed by atoms with Gasteiger partial charge in [0, 0.05) is 29.3 Å². The van der Waals surface area contributed by atoms with Gasteiger partial charge in [-0.15, -0.1) is 0 Å². The van der Waals surface area contributed by atoms with Crippen molar-refractivity contribution in [3.8, 4) is 5.75 Å². The Bertz CT molecular complexity index is 819. The van der Waals surface area contributed by atoms with Crippen LogP contribution < -0.4 is 15.4 Å². The number of amides is 2. The van der Waals surface area contributed by atoms with Crippen molar-refractivity contribution in [3.05, 3.63) is 18.2 Å². The lowest BCUT2D eigenvalue weighted by Gasteiger charge is -2.28. The van der Waals surface area contributed by atoms with Gasteiger partial charge in [-0.2, -0.15) is 5.10 Å². The fourth-order valence-corrected chi connectivity index (χ4v) is 3.60. The maximum atomic E-state index is 12.6. The molecule has 2 amide bonds. The second kappa shape index (κ2) is 6.97. The predicted octanol–water partition coefficient (Wildman–Crippen LogP) is 2.59. The number of anilines is 1. The Hall–Kier alpha value is -2.57. The molecule has 3 N–H and O–H groups in total. The minimum Gasteiger partial charge on any atom is -0.497 e. The van der Waals surface area contributed by atoms with Gasteiger partial charge in [-0.1, -0.05) is 0 Å². The van der Waals surface area contributed by atoms with Crippen molar-refractivity contribution in [2.45, 2.75) is 44.6 Å². The van der Waals surface area contributed by atoms with E-state index in [1.807, 2.05) is 18.2 Å². The molecule has 2 fully saturated rings. The van der Waals surface area contributed by atoms with Crippen LogP contribution in [0.2, 0.25) is 0 Å². The molecule has 1 aromatic heterocycles. The molecular formula is C19H24N4O3. The number of aromatic nitrogens is 2. The largest absolute Gasteiger partial charge is 0.497 e. The highest BCUT2D eigenvalue weighted by atomic mass is 16.5. The van der Waals surface area contributed by atoms with Gasteiger partial charge in [0.1, 0.15) is 5.75 Å². The summed E-state index contributed by atoms with van der Waals surface area (Å²) in [7, 11) is 1.61. The zero-order valence-electron chi connectivity index (χ0n) is 14.9. The minimum absolute atomic E-state index is 0.00110. The van der Waals surface area contributed by atoms with Crippen LogP contribution in [-0.4, -0.2) is 35.2 Å². The summed E-state index contributed by atoms with van der Waals surface area (Å²) in [5.41, 5.74) is 0.825. The van der Waals surface area contributed by atoms with Crippen LogP contribution >= 0.6 is 0 Å². The number of ether oxygens (including phenoxy) is 1. The average Bonchev–Trinajstić information content (AvgIpc) is 3.44. The summed E-state index contributed by atoms with van der Waals surface area (Å²) in [6, 6.07) is 5.80. The molecular weight excluding hydrogens is 332 g/mol. The smallest absolute Gasteiger partial charge is 0.228 e. The topological polar surface area (TPSA) is 96.1 Å². The molecule has 2 aromatic rings. The van der Waals surface area contributed by atoms with Gasteiger partial charge >= 0.3 is 0 Å². The Morgan fingerprint density at radius 1 is 1.08 bits per heavy atom. The zero-order chi connectivity index (χ0) is 18.1. The Labute approximate surface area is 151 Å². The molecule has 0 unspecified atom stereocenters. The lowest BCUT2D eigenvalue weighted by Crippen LogP contribution is -2.40. The van der Waals surface area contributed by atoms with E-state index in [-0.39, 0.29) is 29.7 Å². The molecule has 0 radical (unpaired) electrons. The lowest BCUT2D eigenvalue weighted by atomic mass is 9.85. The van der Waals surface area contributed by atoms with Crippen molar-refractivity contribution in [3.63, 3.8) is 0 Å². The van der Waals surface area contributed by atoms with Crippen LogP contribution in [0.25, 0.3) is 10.9 Å². The normalized spacial score (nSPS) is 22.8. The number of benzene rings is 1. The summed E-state index contributed by atoms with van der Waals surface area (Å²) in [6.45, 7) is 0. The van der Waals surface area contributed by atoms with E-state index in [9.17, 15) is 9.59 Å². The number of fused-ring (bicyclic) bond motifs is 1. The number of carbonyl (C=O) groups is 2. The van der Waals surface area contributed by atoms with E-state index < -0.39 is 0 Å². The van der Waals surface area contributed by atoms with Crippen molar-refractivity contribution in [1.82, 2.24) is 15.5 Å². The number of aromatic amines is 1. The minimum atomic E-state index is -0.0333. The zero-order valence-corrected chi connectivity index (χ0v) is 14.9. The number of nitrogens with zero attached hydrogens (tertiary/aromatic N) is 1. The summed E-state index contributed by atoms with van der Waals surface area (Å²) in [6.07, 6.45) is 5.33. The SMILES string of the molecule is COc1ccc2c(NC(=O)C3CCC(NC(=O)C4CC4)CC3)n[nH]c2c1. The molecule has 2 aliphatic rings. The Kier molecular flexibility index (Phi) is 4.53. The molecule has 7 nitrogen and oxygen atoms in total. The number of carbonyl (C=O) groups excluding carboxylic acids is 2. The molecule has 0 bridgehead atoms. The summed E-state index contributed by atoms with van der Waals surface area (Å²) in [5.74, 6) is 1.69. The van der Waals surface area contributed by atoms with Gasteiger partial charge < -0.3 is 15.4 Å². The van der Waals surface area contributed by atoms with Gasteiger partial charge in [-0.3, -0.25) is 14.7 Å². The molecule has 1 heterocycles. The highest BCUT2D eigenvalue weighted by Crippen LogP contribution is 2.31. The standard InChI is InChI=1S/C19H24N4O3/c1-26-14-8-9-15-16(10-14)22-23-17(15)21-19(25)12-4-6-13(7-5-12)20-18(24)11-2-3-11/h8-13H,2-7H2,1H3,(H,20,24)(H2,21,22,23,25). The first kappa shape index (κ1) is 16.9. The predicted molar refractivity (Wildman–Crippen MR) is 97.9 cm³/mol. The van der Waals surface area contributed by atoms with Gasteiger partial charge in [-0.25, -0.2) is 0 Å². The fourth-order valence-electron chi connectivity index (χ4n) is 3.60. The molecule has 0 atom stereocenters. The maximum Gasteiger partial charge on any atom is 0.228 e. The second-order valence-corrected chi connectivity index (χ2v) is 7.30. The number of hydrogen-bond acceptors (Lipinski definition) is 4. The fraction of sp³-hybridized carbons (Fsp3) is 0.526. The lowest BCUT2D eigenvalue weighted by molar-refractivity contribution is -0.123. The Balaban J connectivity index is 1.33. The molecule has 0 spiro atoms. The van der Waals surface area contributed by atoms with Crippen LogP contribution in [0.1, 0.15) is 38.5 Å². The van der Waals surface area contributed by atoms with Crippen molar-refractivity contribution in [1.29, 1.82) is 0 Å². The Morgan fingerprint density at radius 3 is 2.46 bits per heavy atom. The van der Waals surface area contributed by atoms with Gasteiger partial charge in [0.05, 0.1) is 12.6 Å². The first-order valence-corrected chi connectivity index (χ1v) is 9.27. The molecule has 7 heteroatoms. The number of methoxy groups -OCH3 is 1. The van der Waals surface area contributed by atoms with E-state index in [4.69, 9.17) is 4.74 Å². The molecule has 0 aliphatic heterocycles.